The van der Waals surface area contributed by atoms with Gasteiger partial charge in [-0.05, 0) is 31.0 Å². The molecule has 0 aromatic heterocycles. The standard InChI is InChI=1S/C16H21F3N2/c1-21-11-15(7-3-2-4-8-15)10-20-13-9-12(16(17,18)19)5-6-14(13)21/h5-6,9,20H,2-4,7-8,10-11H2,1H3. The second-order valence-electron chi connectivity index (χ2n) is 6.50. The highest BCUT2D eigenvalue weighted by atomic mass is 19.4. The van der Waals surface area contributed by atoms with Crippen molar-refractivity contribution in [3.05, 3.63) is 23.8 Å². The van der Waals surface area contributed by atoms with E-state index in [1.165, 1.54) is 31.4 Å². The molecule has 2 nitrogen and oxygen atoms in total. The van der Waals surface area contributed by atoms with Crippen molar-refractivity contribution in [2.24, 2.45) is 5.41 Å². The molecular weight excluding hydrogens is 277 g/mol. The van der Waals surface area contributed by atoms with Crippen LogP contribution in [0.15, 0.2) is 18.2 Å². The van der Waals surface area contributed by atoms with Gasteiger partial charge < -0.3 is 10.2 Å². The van der Waals surface area contributed by atoms with Gasteiger partial charge in [-0.25, -0.2) is 0 Å². The van der Waals surface area contributed by atoms with Crippen molar-refractivity contribution in [1.29, 1.82) is 0 Å². The Morgan fingerprint density at radius 3 is 2.52 bits per heavy atom. The lowest BCUT2D eigenvalue weighted by molar-refractivity contribution is -0.137. The quantitative estimate of drug-likeness (QED) is 0.757. The SMILES string of the molecule is CN1CC2(CCCCC2)CNc2cc(C(F)(F)F)ccc21. The number of hydrogen-bond donors (Lipinski definition) is 1. The molecule has 1 saturated carbocycles. The number of halogens is 3. The topological polar surface area (TPSA) is 15.3 Å². The van der Waals surface area contributed by atoms with Crippen LogP contribution in [0.5, 0.6) is 0 Å². The van der Waals surface area contributed by atoms with Gasteiger partial charge >= 0.3 is 6.18 Å². The summed E-state index contributed by atoms with van der Waals surface area (Å²) in [4.78, 5) is 2.11. The largest absolute Gasteiger partial charge is 0.416 e. The Bertz CT molecular complexity index is 519. The molecule has 0 bridgehead atoms. The van der Waals surface area contributed by atoms with Crippen molar-refractivity contribution in [3.63, 3.8) is 0 Å². The first-order valence-electron chi connectivity index (χ1n) is 7.56. The Labute approximate surface area is 123 Å². The number of fused-ring (bicyclic) bond motifs is 1. The molecule has 5 heteroatoms. The molecular formula is C16H21F3N2. The second-order valence-corrected chi connectivity index (χ2v) is 6.50. The molecule has 1 aliphatic carbocycles. The lowest BCUT2D eigenvalue weighted by atomic mass is 9.74. The maximum atomic E-state index is 12.9. The van der Waals surface area contributed by atoms with E-state index in [-0.39, 0.29) is 5.41 Å². The number of rotatable bonds is 0. The summed E-state index contributed by atoms with van der Waals surface area (Å²) >= 11 is 0. The molecule has 1 spiro atoms. The summed E-state index contributed by atoms with van der Waals surface area (Å²) in [5, 5.41) is 3.29. The zero-order chi connectivity index (χ0) is 15.1. The highest BCUT2D eigenvalue weighted by Crippen LogP contribution is 2.43. The molecule has 2 aliphatic rings. The molecule has 0 saturated heterocycles. The number of hydrogen-bond acceptors (Lipinski definition) is 2. The minimum Gasteiger partial charge on any atom is -0.383 e. The number of benzene rings is 1. The van der Waals surface area contributed by atoms with Gasteiger partial charge in [0.2, 0.25) is 0 Å². The molecule has 1 aliphatic heterocycles. The Morgan fingerprint density at radius 1 is 1.14 bits per heavy atom. The summed E-state index contributed by atoms with van der Waals surface area (Å²) in [6, 6.07) is 4.01. The van der Waals surface area contributed by atoms with Gasteiger partial charge in [0.05, 0.1) is 16.9 Å². The molecule has 1 heterocycles. The van der Waals surface area contributed by atoms with Crippen LogP contribution in [0.1, 0.15) is 37.7 Å². The average molecular weight is 298 g/mol. The van der Waals surface area contributed by atoms with Crippen molar-refractivity contribution >= 4 is 11.4 Å². The molecule has 0 unspecified atom stereocenters. The lowest BCUT2D eigenvalue weighted by Crippen LogP contribution is -2.40. The van der Waals surface area contributed by atoms with Crippen LogP contribution < -0.4 is 10.2 Å². The van der Waals surface area contributed by atoms with Crippen molar-refractivity contribution in [2.45, 2.75) is 38.3 Å². The first-order chi connectivity index (χ1) is 9.90. The van der Waals surface area contributed by atoms with E-state index in [9.17, 15) is 13.2 Å². The highest BCUT2D eigenvalue weighted by Gasteiger charge is 2.37. The van der Waals surface area contributed by atoms with E-state index in [1.807, 2.05) is 7.05 Å². The minimum absolute atomic E-state index is 0.199. The normalized spacial score (nSPS) is 21.6. The molecule has 0 radical (unpaired) electrons. The molecule has 0 atom stereocenters. The van der Waals surface area contributed by atoms with Crippen molar-refractivity contribution < 1.29 is 13.2 Å². The molecule has 1 aromatic carbocycles. The van der Waals surface area contributed by atoms with E-state index in [0.29, 0.717) is 5.69 Å². The monoisotopic (exact) mass is 298 g/mol. The molecule has 116 valence electrons. The van der Waals surface area contributed by atoms with Gasteiger partial charge in [0, 0.05) is 25.6 Å². The van der Waals surface area contributed by atoms with Crippen LogP contribution in [0.4, 0.5) is 24.5 Å². The van der Waals surface area contributed by atoms with Crippen molar-refractivity contribution in [3.8, 4) is 0 Å². The number of nitrogens with one attached hydrogen (secondary N) is 1. The fourth-order valence-corrected chi connectivity index (χ4v) is 3.75. The van der Waals surface area contributed by atoms with Crippen molar-refractivity contribution in [1.82, 2.24) is 0 Å². The smallest absolute Gasteiger partial charge is 0.383 e. The van der Waals surface area contributed by atoms with Gasteiger partial charge in [-0.1, -0.05) is 19.3 Å². The van der Waals surface area contributed by atoms with Gasteiger partial charge in [-0.15, -0.1) is 0 Å². The molecule has 1 fully saturated rings. The maximum Gasteiger partial charge on any atom is 0.416 e. The molecule has 1 N–H and O–H groups in total. The van der Waals surface area contributed by atoms with Gasteiger partial charge in [-0.2, -0.15) is 13.2 Å². The Kier molecular flexibility index (Phi) is 3.54. The van der Waals surface area contributed by atoms with Crippen molar-refractivity contribution in [2.75, 3.05) is 30.4 Å². The summed E-state index contributed by atoms with van der Waals surface area (Å²) in [5.41, 5.74) is 1.09. The van der Waals surface area contributed by atoms with E-state index in [2.05, 4.69) is 10.2 Å². The predicted octanol–water partition coefficient (Wildman–Crippen LogP) is 4.52. The van der Waals surface area contributed by atoms with Crippen LogP contribution in [0.2, 0.25) is 0 Å². The van der Waals surface area contributed by atoms with Crippen LogP contribution in [0.3, 0.4) is 0 Å². The summed E-state index contributed by atoms with van der Waals surface area (Å²) < 4.78 is 38.6. The van der Waals surface area contributed by atoms with Gasteiger partial charge in [0.25, 0.3) is 0 Å². The van der Waals surface area contributed by atoms with Gasteiger partial charge in [0.1, 0.15) is 0 Å². The van der Waals surface area contributed by atoms with E-state index in [1.54, 1.807) is 6.07 Å². The zero-order valence-corrected chi connectivity index (χ0v) is 12.3. The van der Waals surface area contributed by atoms with E-state index in [0.717, 1.165) is 31.6 Å². The summed E-state index contributed by atoms with van der Waals surface area (Å²) in [6.07, 6.45) is 1.75. The Morgan fingerprint density at radius 2 is 1.86 bits per heavy atom. The van der Waals surface area contributed by atoms with Crippen LogP contribution in [0.25, 0.3) is 0 Å². The fourth-order valence-electron chi connectivity index (χ4n) is 3.75. The molecule has 21 heavy (non-hydrogen) atoms. The summed E-state index contributed by atoms with van der Waals surface area (Å²) in [7, 11) is 1.98. The molecule has 1 aromatic rings. The Balaban J connectivity index is 1.90. The lowest BCUT2D eigenvalue weighted by Gasteiger charge is -2.38. The zero-order valence-electron chi connectivity index (χ0n) is 12.3. The summed E-state index contributed by atoms with van der Waals surface area (Å²) in [5.74, 6) is 0. The third-order valence-electron chi connectivity index (χ3n) is 4.88. The predicted molar refractivity (Wildman–Crippen MR) is 78.7 cm³/mol. The molecule has 3 rings (SSSR count). The number of anilines is 2. The van der Waals surface area contributed by atoms with Gasteiger partial charge in [-0.3, -0.25) is 0 Å². The first kappa shape index (κ1) is 14.5. The average Bonchev–Trinajstić information content (AvgIpc) is 2.57. The maximum absolute atomic E-state index is 12.9. The second kappa shape index (κ2) is 5.11. The van der Waals surface area contributed by atoms with Crippen LogP contribution in [0, 0.1) is 5.41 Å². The van der Waals surface area contributed by atoms with Crippen LogP contribution in [-0.2, 0) is 6.18 Å². The van der Waals surface area contributed by atoms with E-state index in [4.69, 9.17) is 0 Å². The number of nitrogens with zero attached hydrogens (tertiary/aromatic N) is 1. The highest BCUT2D eigenvalue weighted by molar-refractivity contribution is 5.72. The van der Waals surface area contributed by atoms with Crippen LogP contribution in [-0.4, -0.2) is 20.1 Å². The Hall–Kier alpha value is -1.39. The van der Waals surface area contributed by atoms with Crippen LogP contribution >= 0.6 is 0 Å². The van der Waals surface area contributed by atoms with E-state index >= 15 is 0 Å². The first-order valence-corrected chi connectivity index (χ1v) is 7.56. The van der Waals surface area contributed by atoms with E-state index < -0.39 is 11.7 Å². The minimum atomic E-state index is -4.29. The third kappa shape index (κ3) is 2.83. The number of alkyl halides is 3. The fraction of sp³-hybridized carbons (Fsp3) is 0.625. The summed E-state index contributed by atoms with van der Waals surface area (Å²) in [6.45, 7) is 1.68. The van der Waals surface area contributed by atoms with Gasteiger partial charge in [0.15, 0.2) is 0 Å². The molecule has 0 amide bonds. The third-order valence-corrected chi connectivity index (χ3v) is 4.88.